The van der Waals surface area contributed by atoms with Gasteiger partial charge in [0, 0.05) is 16.4 Å². The lowest BCUT2D eigenvalue weighted by Crippen LogP contribution is -2.26. The van der Waals surface area contributed by atoms with Crippen molar-refractivity contribution in [2.75, 3.05) is 0 Å². The molecule has 1 amide bonds. The minimum atomic E-state index is -0.204. The standard InChI is InChI=1S/C17H17ClN4O/c1-10-7-11(2)22-16(20-10)15(9-19-22)17(23)21-12(3)13-5-4-6-14(18)8-13/h4-9,12H,1-3H3,(H,21,23). The van der Waals surface area contributed by atoms with E-state index in [0.717, 1.165) is 17.0 Å². The summed E-state index contributed by atoms with van der Waals surface area (Å²) in [5, 5.41) is 7.86. The monoisotopic (exact) mass is 328 g/mol. The summed E-state index contributed by atoms with van der Waals surface area (Å²) in [5.74, 6) is -0.204. The van der Waals surface area contributed by atoms with E-state index in [2.05, 4.69) is 15.4 Å². The van der Waals surface area contributed by atoms with Gasteiger partial charge in [-0.1, -0.05) is 23.7 Å². The van der Waals surface area contributed by atoms with Crippen LogP contribution in [0.2, 0.25) is 5.02 Å². The number of carbonyl (C=O) groups excluding carboxylic acids is 1. The molecule has 0 aliphatic heterocycles. The summed E-state index contributed by atoms with van der Waals surface area (Å²) in [6.45, 7) is 5.75. The number of halogens is 1. The van der Waals surface area contributed by atoms with Gasteiger partial charge in [-0.3, -0.25) is 4.79 Å². The highest BCUT2D eigenvalue weighted by Gasteiger charge is 2.18. The van der Waals surface area contributed by atoms with Crippen molar-refractivity contribution in [2.24, 2.45) is 0 Å². The summed E-state index contributed by atoms with van der Waals surface area (Å²) in [6, 6.07) is 9.21. The normalized spacial score (nSPS) is 12.3. The molecule has 2 heterocycles. The number of benzene rings is 1. The van der Waals surface area contributed by atoms with Crippen LogP contribution in [0.1, 0.15) is 40.3 Å². The van der Waals surface area contributed by atoms with Gasteiger partial charge >= 0.3 is 0 Å². The average molecular weight is 329 g/mol. The van der Waals surface area contributed by atoms with E-state index in [1.165, 1.54) is 0 Å². The van der Waals surface area contributed by atoms with E-state index in [-0.39, 0.29) is 11.9 Å². The van der Waals surface area contributed by atoms with Crippen molar-refractivity contribution in [3.05, 3.63) is 64.1 Å². The van der Waals surface area contributed by atoms with Gasteiger partial charge in [0.1, 0.15) is 5.56 Å². The molecule has 1 atom stereocenters. The molecule has 0 spiro atoms. The van der Waals surface area contributed by atoms with E-state index < -0.39 is 0 Å². The maximum Gasteiger partial charge on any atom is 0.257 e. The van der Waals surface area contributed by atoms with E-state index in [0.29, 0.717) is 16.2 Å². The molecule has 2 aromatic heterocycles. The van der Waals surface area contributed by atoms with Gasteiger partial charge in [-0.25, -0.2) is 9.50 Å². The molecule has 0 bridgehead atoms. The zero-order valence-corrected chi connectivity index (χ0v) is 13.9. The summed E-state index contributed by atoms with van der Waals surface area (Å²) in [5.41, 5.74) is 3.77. The van der Waals surface area contributed by atoms with Gasteiger partial charge in [-0.15, -0.1) is 0 Å². The van der Waals surface area contributed by atoms with Crippen LogP contribution < -0.4 is 5.32 Å². The van der Waals surface area contributed by atoms with Crippen LogP contribution in [-0.4, -0.2) is 20.5 Å². The Kier molecular flexibility index (Phi) is 4.05. The van der Waals surface area contributed by atoms with E-state index in [1.807, 2.05) is 45.0 Å². The predicted molar refractivity (Wildman–Crippen MR) is 89.8 cm³/mol. The summed E-state index contributed by atoms with van der Waals surface area (Å²) >= 11 is 6.00. The van der Waals surface area contributed by atoms with E-state index >= 15 is 0 Å². The lowest BCUT2D eigenvalue weighted by molar-refractivity contribution is 0.0941. The zero-order chi connectivity index (χ0) is 16.6. The largest absolute Gasteiger partial charge is 0.345 e. The van der Waals surface area contributed by atoms with Gasteiger partial charge in [0.25, 0.3) is 5.91 Å². The summed E-state index contributed by atoms with van der Waals surface area (Å²) < 4.78 is 1.67. The molecule has 1 N–H and O–H groups in total. The number of aryl methyl sites for hydroxylation is 2. The first-order valence-corrected chi connectivity index (χ1v) is 7.72. The molecule has 6 heteroatoms. The molecule has 23 heavy (non-hydrogen) atoms. The summed E-state index contributed by atoms with van der Waals surface area (Å²) in [6.07, 6.45) is 1.55. The van der Waals surface area contributed by atoms with E-state index in [4.69, 9.17) is 11.6 Å². The first-order valence-electron chi connectivity index (χ1n) is 7.34. The fraction of sp³-hybridized carbons (Fsp3) is 0.235. The number of hydrogen-bond donors (Lipinski definition) is 1. The minimum absolute atomic E-state index is 0.165. The van der Waals surface area contributed by atoms with Gasteiger partial charge in [-0.05, 0) is 44.5 Å². The minimum Gasteiger partial charge on any atom is -0.345 e. The molecule has 1 unspecified atom stereocenters. The number of hydrogen-bond acceptors (Lipinski definition) is 3. The Morgan fingerprint density at radius 3 is 2.83 bits per heavy atom. The Hall–Kier alpha value is -2.40. The third kappa shape index (κ3) is 3.05. The van der Waals surface area contributed by atoms with Crippen molar-refractivity contribution < 1.29 is 4.79 Å². The first-order chi connectivity index (χ1) is 11.0. The second-order valence-corrected chi connectivity index (χ2v) is 6.02. The SMILES string of the molecule is Cc1cc(C)n2ncc(C(=O)NC(C)c3cccc(Cl)c3)c2n1. The number of rotatable bonds is 3. The highest BCUT2D eigenvalue weighted by molar-refractivity contribution is 6.30. The third-order valence-corrected chi connectivity index (χ3v) is 3.95. The molecule has 118 valence electrons. The van der Waals surface area contributed by atoms with Crippen molar-refractivity contribution in [2.45, 2.75) is 26.8 Å². The van der Waals surface area contributed by atoms with Crippen LogP contribution in [0.15, 0.2) is 36.5 Å². The molecule has 0 fully saturated rings. The van der Waals surface area contributed by atoms with Crippen LogP contribution in [0.4, 0.5) is 0 Å². The molecule has 0 radical (unpaired) electrons. The smallest absolute Gasteiger partial charge is 0.257 e. The fourth-order valence-corrected chi connectivity index (χ4v) is 2.76. The molecule has 1 aromatic carbocycles. The molecule has 3 aromatic rings. The number of carbonyl (C=O) groups is 1. The third-order valence-electron chi connectivity index (χ3n) is 3.72. The van der Waals surface area contributed by atoms with Gasteiger partial charge in [0.15, 0.2) is 5.65 Å². The topological polar surface area (TPSA) is 59.3 Å². The van der Waals surface area contributed by atoms with Crippen LogP contribution in [0.5, 0.6) is 0 Å². The molecular formula is C17H17ClN4O. The Balaban J connectivity index is 1.89. The fourth-order valence-electron chi connectivity index (χ4n) is 2.56. The lowest BCUT2D eigenvalue weighted by atomic mass is 10.1. The average Bonchev–Trinajstić information content (AvgIpc) is 2.91. The quantitative estimate of drug-likeness (QED) is 0.800. The number of nitrogens with zero attached hydrogens (tertiary/aromatic N) is 3. The zero-order valence-electron chi connectivity index (χ0n) is 13.2. The first kappa shape index (κ1) is 15.5. The molecule has 0 saturated heterocycles. The molecule has 0 aliphatic rings. The van der Waals surface area contributed by atoms with Crippen LogP contribution in [0.25, 0.3) is 5.65 Å². The van der Waals surface area contributed by atoms with Gasteiger partial charge < -0.3 is 5.32 Å². The Labute approximate surface area is 139 Å². The second kappa shape index (κ2) is 6.01. The highest BCUT2D eigenvalue weighted by atomic mass is 35.5. The van der Waals surface area contributed by atoms with Crippen LogP contribution in [0, 0.1) is 13.8 Å². The molecule has 5 nitrogen and oxygen atoms in total. The van der Waals surface area contributed by atoms with E-state index in [9.17, 15) is 4.79 Å². The Bertz CT molecular complexity index is 887. The molecule has 0 aliphatic carbocycles. The highest BCUT2D eigenvalue weighted by Crippen LogP contribution is 2.19. The maximum atomic E-state index is 12.6. The Morgan fingerprint density at radius 2 is 2.09 bits per heavy atom. The van der Waals surface area contributed by atoms with Crippen molar-refractivity contribution in [3.8, 4) is 0 Å². The number of nitrogens with one attached hydrogen (secondary N) is 1. The van der Waals surface area contributed by atoms with Crippen molar-refractivity contribution in [3.63, 3.8) is 0 Å². The van der Waals surface area contributed by atoms with Crippen molar-refractivity contribution in [1.82, 2.24) is 19.9 Å². The van der Waals surface area contributed by atoms with E-state index in [1.54, 1.807) is 16.8 Å². The van der Waals surface area contributed by atoms with Crippen molar-refractivity contribution >= 4 is 23.2 Å². The van der Waals surface area contributed by atoms with Gasteiger partial charge in [-0.2, -0.15) is 5.10 Å². The Morgan fingerprint density at radius 1 is 1.30 bits per heavy atom. The summed E-state index contributed by atoms with van der Waals surface area (Å²) in [7, 11) is 0. The van der Waals surface area contributed by atoms with Crippen LogP contribution in [0.3, 0.4) is 0 Å². The number of amides is 1. The number of aromatic nitrogens is 3. The lowest BCUT2D eigenvalue weighted by Gasteiger charge is -2.14. The second-order valence-electron chi connectivity index (χ2n) is 5.58. The summed E-state index contributed by atoms with van der Waals surface area (Å²) in [4.78, 5) is 17.0. The van der Waals surface area contributed by atoms with Crippen LogP contribution in [-0.2, 0) is 0 Å². The predicted octanol–water partition coefficient (Wildman–Crippen LogP) is 3.49. The number of fused-ring (bicyclic) bond motifs is 1. The molecular weight excluding hydrogens is 312 g/mol. The molecule has 3 rings (SSSR count). The van der Waals surface area contributed by atoms with Gasteiger partial charge in [0.2, 0.25) is 0 Å². The maximum absolute atomic E-state index is 12.6. The van der Waals surface area contributed by atoms with Crippen LogP contribution >= 0.6 is 11.6 Å². The van der Waals surface area contributed by atoms with Crippen molar-refractivity contribution in [1.29, 1.82) is 0 Å². The molecule has 0 saturated carbocycles. The van der Waals surface area contributed by atoms with Gasteiger partial charge in [0.05, 0.1) is 12.2 Å².